The van der Waals surface area contributed by atoms with Gasteiger partial charge in [0.05, 0.1) is 18.0 Å². The Labute approximate surface area is 195 Å². The third kappa shape index (κ3) is 5.30. The lowest BCUT2D eigenvalue weighted by molar-refractivity contribution is -0.603. The van der Waals surface area contributed by atoms with Crippen LogP contribution < -0.4 is 20.1 Å². The van der Waals surface area contributed by atoms with Crippen molar-refractivity contribution >= 4 is 41.2 Å². The topological polar surface area (TPSA) is 124 Å². The molecule has 0 saturated heterocycles. The second kappa shape index (κ2) is 9.74. The normalized spacial score (nSPS) is 10.4. The Morgan fingerprint density at radius 2 is 1.38 bits per heavy atom. The molecule has 10 heteroatoms. The monoisotopic (exact) mass is 456 g/mol. The quantitative estimate of drug-likeness (QED) is 0.271. The third-order valence-corrected chi connectivity index (χ3v) is 4.87. The fourth-order valence-electron chi connectivity index (χ4n) is 3.04. The van der Waals surface area contributed by atoms with E-state index in [2.05, 4.69) is 25.6 Å². The summed E-state index contributed by atoms with van der Waals surface area (Å²) >= 11 is 0. The Kier molecular flexibility index (Phi) is 6.40. The molecule has 0 bridgehead atoms. The van der Waals surface area contributed by atoms with E-state index in [0.717, 1.165) is 12.0 Å². The molecule has 0 aliphatic rings. The summed E-state index contributed by atoms with van der Waals surface area (Å²) in [5.74, 6) is -0.0717. The van der Waals surface area contributed by atoms with Gasteiger partial charge in [-0.2, -0.15) is 0 Å². The molecule has 0 atom stereocenters. The molecule has 0 aliphatic carbocycles. The number of anilines is 5. The highest BCUT2D eigenvalue weighted by Gasteiger charge is 2.18. The number of benzene rings is 2. The molecule has 170 valence electrons. The van der Waals surface area contributed by atoms with E-state index in [1.807, 2.05) is 43.5 Å². The SMILES string of the molecule is CN(C)c1cc[n+](-c2nc(Nc3ccc(C=O)cc3)nc(Nc3ccc(C(=O)O)cc3)n2)cc1. The largest absolute Gasteiger partial charge is 0.478 e. The standard InChI is InChI=1S/C24H21N7O3/c1-30(2)20-11-13-31(14-12-20)24-28-22(25-18-7-3-16(15-32)4-8-18)27-23(29-24)26-19-9-5-17(6-10-19)21(33)34/h3-15H,1-2H3,(H2-,25,26,27,28,29,32,33,34)/p+1. The Hall–Kier alpha value is -4.86. The van der Waals surface area contributed by atoms with Gasteiger partial charge in [0.1, 0.15) is 6.29 Å². The number of pyridine rings is 1. The zero-order chi connectivity index (χ0) is 24.1. The van der Waals surface area contributed by atoms with Gasteiger partial charge < -0.3 is 20.6 Å². The molecule has 2 aromatic carbocycles. The predicted molar refractivity (Wildman–Crippen MR) is 127 cm³/mol. The van der Waals surface area contributed by atoms with E-state index >= 15 is 0 Å². The molecular weight excluding hydrogens is 434 g/mol. The molecular formula is C24H22N7O3+. The number of nitrogens with one attached hydrogen (secondary N) is 2. The average molecular weight is 456 g/mol. The minimum absolute atomic E-state index is 0.180. The summed E-state index contributed by atoms with van der Waals surface area (Å²) in [5.41, 5.74) is 3.09. The van der Waals surface area contributed by atoms with E-state index in [4.69, 9.17) is 5.11 Å². The number of aldehydes is 1. The van der Waals surface area contributed by atoms with Crippen LogP contribution in [0.25, 0.3) is 5.95 Å². The van der Waals surface area contributed by atoms with Gasteiger partial charge in [-0.3, -0.25) is 4.79 Å². The van der Waals surface area contributed by atoms with E-state index < -0.39 is 5.97 Å². The van der Waals surface area contributed by atoms with Crippen molar-refractivity contribution in [2.75, 3.05) is 29.6 Å². The highest BCUT2D eigenvalue weighted by atomic mass is 16.4. The molecule has 4 aromatic rings. The molecule has 2 heterocycles. The van der Waals surface area contributed by atoms with Crippen LogP contribution in [0.5, 0.6) is 0 Å². The van der Waals surface area contributed by atoms with Crippen LogP contribution in [0.4, 0.5) is 29.0 Å². The Bertz CT molecular complexity index is 1310. The first kappa shape index (κ1) is 22.3. The average Bonchev–Trinajstić information content (AvgIpc) is 2.85. The molecule has 34 heavy (non-hydrogen) atoms. The fourth-order valence-corrected chi connectivity index (χ4v) is 3.04. The van der Waals surface area contributed by atoms with Gasteiger partial charge in [0, 0.05) is 36.7 Å². The van der Waals surface area contributed by atoms with Crippen LogP contribution >= 0.6 is 0 Å². The maximum Gasteiger partial charge on any atom is 0.444 e. The van der Waals surface area contributed by atoms with E-state index in [9.17, 15) is 9.59 Å². The van der Waals surface area contributed by atoms with Crippen LogP contribution in [0, 0.1) is 0 Å². The van der Waals surface area contributed by atoms with Gasteiger partial charge in [-0.25, -0.2) is 9.36 Å². The van der Waals surface area contributed by atoms with Crippen molar-refractivity contribution in [3.8, 4) is 5.95 Å². The highest BCUT2D eigenvalue weighted by Crippen LogP contribution is 2.18. The summed E-state index contributed by atoms with van der Waals surface area (Å²) in [5, 5.41) is 15.3. The number of rotatable bonds is 8. The van der Waals surface area contributed by atoms with Crippen molar-refractivity contribution < 1.29 is 19.3 Å². The van der Waals surface area contributed by atoms with Gasteiger partial charge in [0.15, 0.2) is 0 Å². The van der Waals surface area contributed by atoms with Crippen molar-refractivity contribution in [2.24, 2.45) is 0 Å². The van der Waals surface area contributed by atoms with Crippen molar-refractivity contribution in [1.29, 1.82) is 0 Å². The molecule has 0 fully saturated rings. The zero-order valence-corrected chi connectivity index (χ0v) is 18.5. The van der Waals surface area contributed by atoms with E-state index in [-0.39, 0.29) is 17.5 Å². The summed E-state index contributed by atoms with van der Waals surface area (Å²) in [6.45, 7) is 0. The van der Waals surface area contributed by atoms with Crippen LogP contribution in [0.1, 0.15) is 20.7 Å². The number of aromatic nitrogens is 4. The van der Waals surface area contributed by atoms with Crippen LogP contribution in [-0.4, -0.2) is 46.4 Å². The summed E-state index contributed by atoms with van der Waals surface area (Å²) < 4.78 is 1.76. The minimum Gasteiger partial charge on any atom is -0.478 e. The number of aromatic carboxylic acids is 1. The molecule has 0 spiro atoms. The summed E-state index contributed by atoms with van der Waals surface area (Å²) in [6, 6.07) is 17.0. The summed E-state index contributed by atoms with van der Waals surface area (Å²) in [4.78, 5) is 37.5. The van der Waals surface area contributed by atoms with Gasteiger partial charge in [0.25, 0.3) is 0 Å². The lowest BCUT2D eigenvalue weighted by Gasteiger charge is -2.11. The fraction of sp³-hybridized carbons (Fsp3) is 0.0833. The molecule has 0 saturated carbocycles. The molecule has 0 unspecified atom stereocenters. The molecule has 0 aliphatic heterocycles. The molecule has 3 N–H and O–H groups in total. The van der Waals surface area contributed by atoms with Crippen molar-refractivity contribution in [3.05, 3.63) is 84.2 Å². The van der Waals surface area contributed by atoms with Gasteiger partial charge in [-0.1, -0.05) is 0 Å². The zero-order valence-electron chi connectivity index (χ0n) is 18.5. The summed E-state index contributed by atoms with van der Waals surface area (Å²) in [6.07, 6.45) is 4.47. The van der Waals surface area contributed by atoms with Crippen LogP contribution in [0.15, 0.2) is 73.1 Å². The van der Waals surface area contributed by atoms with E-state index in [1.54, 1.807) is 41.0 Å². The van der Waals surface area contributed by atoms with Gasteiger partial charge in [-0.05, 0) is 70.6 Å². The number of hydrogen-bond donors (Lipinski definition) is 3. The number of nitrogens with zero attached hydrogens (tertiary/aromatic N) is 5. The molecule has 2 aromatic heterocycles. The first-order valence-electron chi connectivity index (χ1n) is 10.3. The molecule has 0 amide bonds. The van der Waals surface area contributed by atoms with Crippen molar-refractivity contribution in [2.45, 2.75) is 0 Å². The highest BCUT2D eigenvalue weighted by molar-refractivity contribution is 5.88. The smallest absolute Gasteiger partial charge is 0.444 e. The first-order chi connectivity index (χ1) is 16.4. The Morgan fingerprint density at radius 1 is 0.853 bits per heavy atom. The number of hydrogen-bond acceptors (Lipinski definition) is 8. The lowest BCUT2D eigenvalue weighted by Crippen LogP contribution is -2.33. The number of carboxylic acid groups (broad SMARTS) is 1. The molecule has 4 rings (SSSR count). The Morgan fingerprint density at radius 3 is 1.85 bits per heavy atom. The minimum atomic E-state index is -1.00. The Balaban J connectivity index is 1.68. The second-order valence-corrected chi connectivity index (χ2v) is 7.51. The van der Waals surface area contributed by atoms with Crippen molar-refractivity contribution in [1.82, 2.24) is 15.0 Å². The van der Waals surface area contributed by atoms with E-state index in [0.29, 0.717) is 22.9 Å². The lowest BCUT2D eigenvalue weighted by atomic mass is 10.2. The maximum atomic E-state index is 11.1. The second-order valence-electron chi connectivity index (χ2n) is 7.51. The molecule has 10 nitrogen and oxygen atoms in total. The number of carboxylic acids is 1. The van der Waals surface area contributed by atoms with Gasteiger partial charge >= 0.3 is 23.8 Å². The first-order valence-corrected chi connectivity index (χ1v) is 10.3. The van der Waals surface area contributed by atoms with E-state index in [1.165, 1.54) is 12.1 Å². The molecule has 0 radical (unpaired) electrons. The van der Waals surface area contributed by atoms with Crippen LogP contribution in [0.3, 0.4) is 0 Å². The van der Waals surface area contributed by atoms with Crippen LogP contribution in [0.2, 0.25) is 0 Å². The van der Waals surface area contributed by atoms with Gasteiger partial charge in [0.2, 0.25) is 0 Å². The predicted octanol–water partition coefficient (Wildman–Crippen LogP) is 3.21. The maximum absolute atomic E-state index is 11.1. The van der Waals surface area contributed by atoms with Crippen LogP contribution in [-0.2, 0) is 0 Å². The van der Waals surface area contributed by atoms with Gasteiger partial charge in [-0.15, -0.1) is 4.98 Å². The third-order valence-electron chi connectivity index (χ3n) is 4.87. The number of carbonyl (C=O) groups is 2. The number of carbonyl (C=O) groups excluding carboxylic acids is 1. The van der Waals surface area contributed by atoms with Crippen molar-refractivity contribution in [3.63, 3.8) is 0 Å². The summed E-state index contributed by atoms with van der Waals surface area (Å²) in [7, 11) is 3.91.